The predicted molar refractivity (Wildman–Crippen MR) is 68.1 cm³/mol. The topological polar surface area (TPSA) is 42.7 Å². The van der Waals surface area contributed by atoms with E-state index in [0.717, 1.165) is 18.8 Å². The van der Waals surface area contributed by atoms with Gasteiger partial charge in [-0.3, -0.25) is 9.69 Å². The third-order valence-corrected chi connectivity index (χ3v) is 3.37. The highest BCUT2D eigenvalue weighted by atomic mass is 16.5. The van der Waals surface area contributed by atoms with Gasteiger partial charge < -0.3 is 9.15 Å². The molecule has 2 rings (SSSR count). The highest BCUT2D eigenvalue weighted by Gasteiger charge is 2.27. The molecule has 2 heterocycles. The molecule has 0 amide bonds. The number of carbonyl (C=O) groups is 1. The van der Waals surface area contributed by atoms with E-state index in [-0.39, 0.29) is 12.0 Å². The first-order chi connectivity index (χ1) is 8.81. The monoisotopic (exact) mass is 251 g/mol. The largest absolute Gasteiger partial charge is 0.468 e. The van der Waals surface area contributed by atoms with Gasteiger partial charge in [0.1, 0.15) is 5.76 Å². The summed E-state index contributed by atoms with van der Waals surface area (Å²) < 4.78 is 10.5. The van der Waals surface area contributed by atoms with E-state index >= 15 is 0 Å². The SMILES string of the molecule is CCOC(=O)CC(c1ccco1)N1CCCCC1. The van der Waals surface area contributed by atoms with Crippen molar-refractivity contribution in [2.45, 2.75) is 38.6 Å². The zero-order valence-corrected chi connectivity index (χ0v) is 10.9. The molecule has 18 heavy (non-hydrogen) atoms. The van der Waals surface area contributed by atoms with Gasteiger partial charge in [-0.2, -0.15) is 0 Å². The second kappa shape index (κ2) is 6.59. The minimum Gasteiger partial charge on any atom is -0.468 e. The van der Waals surface area contributed by atoms with Gasteiger partial charge in [0.2, 0.25) is 0 Å². The van der Waals surface area contributed by atoms with E-state index in [9.17, 15) is 4.79 Å². The Morgan fingerprint density at radius 3 is 2.83 bits per heavy atom. The van der Waals surface area contributed by atoms with Gasteiger partial charge in [-0.15, -0.1) is 0 Å². The normalized spacial score (nSPS) is 18.5. The lowest BCUT2D eigenvalue weighted by Crippen LogP contribution is -2.35. The minimum atomic E-state index is -0.149. The van der Waals surface area contributed by atoms with E-state index < -0.39 is 0 Å². The molecule has 1 aromatic heterocycles. The van der Waals surface area contributed by atoms with Crippen molar-refractivity contribution in [3.63, 3.8) is 0 Å². The fourth-order valence-corrected chi connectivity index (χ4v) is 2.50. The lowest BCUT2D eigenvalue weighted by atomic mass is 10.0. The summed E-state index contributed by atoms with van der Waals surface area (Å²) in [5.74, 6) is 0.717. The van der Waals surface area contributed by atoms with E-state index in [2.05, 4.69) is 4.90 Å². The zero-order chi connectivity index (χ0) is 12.8. The molecular weight excluding hydrogens is 230 g/mol. The summed E-state index contributed by atoms with van der Waals surface area (Å²) in [5, 5.41) is 0. The Morgan fingerprint density at radius 1 is 1.44 bits per heavy atom. The summed E-state index contributed by atoms with van der Waals surface area (Å²) in [6, 6.07) is 3.84. The number of esters is 1. The number of nitrogens with zero attached hydrogens (tertiary/aromatic N) is 1. The molecule has 1 unspecified atom stereocenters. The van der Waals surface area contributed by atoms with Crippen LogP contribution in [-0.2, 0) is 9.53 Å². The van der Waals surface area contributed by atoms with Gasteiger partial charge in [0, 0.05) is 0 Å². The first kappa shape index (κ1) is 13.1. The molecule has 1 fully saturated rings. The van der Waals surface area contributed by atoms with Crippen LogP contribution in [-0.4, -0.2) is 30.6 Å². The van der Waals surface area contributed by atoms with Crippen LogP contribution in [0.15, 0.2) is 22.8 Å². The van der Waals surface area contributed by atoms with Gasteiger partial charge in [0.05, 0.1) is 25.3 Å². The summed E-state index contributed by atoms with van der Waals surface area (Å²) in [5.41, 5.74) is 0. The third kappa shape index (κ3) is 3.35. The molecule has 1 aliphatic heterocycles. The van der Waals surface area contributed by atoms with Crippen LogP contribution in [0.4, 0.5) is 0 Å². The maximum atomic E-state index is 11.7. The quantitative estimate of drug-likeness (QED) is 0.755. The summed E-state index contributed by atoms with van der Waals surface area (Å²) >= 11 is 0. The number of hydrogen-bond donors (Lipinski definition) is 0. The Hall–Kier alpha value is -1.29. The molecule has 0 radical (unpaired) electrons. The summed E-state index contributed by atoms with van der Waals surface area (Å²) in [6.07, 6.45) is 5.71. The van der Waals surface area contributed by atoms with Crippen LogP contribution in [0, 0.1) is 0 Å². The summed E-state index contributed by atoms with van der Waals surface area (Å²) in [4.78, 5) is 14.0. The molecule has 0 bridgehead atoms. The van der Waals surface area contributed by atoms with Crippen molar-refractivity contribution in [1.29, 1.82) is 0 Å². The maximum Gasteiger partial charge on any atom is 0.307 e. The number of hydrogen-bond acceptors (Lipinski definition) is 4. The van der Waals surface area contributed by atoms with Gasteiger partial charge in [-0.25, -0.2) is 0 Å². The maximum absolute atomic E-state index is 11.7. The number of rotatable bonds is 5. The number of furan rings is 1. The average molecular weight is 251 g/mol. The van der Waals surface area contributed by atoms with Crippen molar-refractivity contribution in [1.82, 2.24) is 4.90 Å². The van der Waals surface area contributed by atoms with Crippen molar-refractivity contribution >= 4 is 5.97 Å². The smallest absolute Gasteiger partial charge is 0.307 e. The number of likely N-dealkylation sites (tertiary alicyclic amines) is 1. The standard InChI is InChI=1S/C14H21NO3/c1-2-17-14(16)11-12(13-7-6-10-18-13)15-8-4-3-5-9-15/h6-7,10,12H,2-5,8-9,11H2,1H3. The molecule has 4 heteroatoms. The molecule has 0 saturated carbocycles. The second-order valence-electron chi connectivity index (χ2n) is 4.64. The van der Waals surface area contributed by atoms with E-state index in [4.69, 9.17) is 9.15 Å². The third-order valence-electron chi connectivity index (χ3n) is 3.37. The Morgan fingerprint density at radius 2 is 2.22 bits per heavy atom. The zero-order valence-electron chi connectivity index (χ0n) is 10.9. The fraction of sp³-hybridized carbons (Fsp3) is 0.643. The fourth-order valence-electron chi connectivity index (χ4n) is 2.50. The molecule has 1 aliphatic rings. The molecule has 0 aliphatic carbocycles. The van der Waals surface area contributed by atoms with Gasteiger partial charge in [0.15, 0.2) is 0 Å². The average Bonchev–Trinajstić information content (AvgIpc) is 2.91. The summed E-state index contributed by atoms with van der Waals surface area (Å²) in [6.45, 7) is 4.33. The number of piperidine rings is 1. The van der Waals surface area contributed by atoms with Crippen LogP contribution in [0.1, 0.15) is 44.4 Å². The lowest BCUT2D eigenvalue weighted by molar-refractivity contribution is -0.145. The van der Waals surface area contributed by atoms with Crippen molar-refractivity contribution in [2.75, 3.05) is 19.7 Å². The summed E-state index contributed by atoms with van der Waals surface area (Å²) in [7, 11) is 0. The van der Waals surface area contributed by atoms with E-state index in [1.807, 2.05) is 19.1 Å². The van der Waals surface area contributed by atoms with Crippen LogP contribution in [0.2, 0.25) is 0 Å². The molecule has 1 atom stereocenters. The molecular formula is C14H21NO3. The first-order valence-electron chi connectivity index (χ1n) is 6.74. The van der Waals surface area contributed by atoms with Crippen molar-refractivity contribution in [2.24, 2.45) is 0 Å². The van der Waals surface area contributed by atoms with Gasteiger partial charge in [0.25, 0.3) is 0 Å². The van der Waals surface area contributed by atoms with Crippen molar-refractivity contribution in [3.8, 4) is 0 Å². The van der Waals surface area contributed by atoms with E-state index in [0.29, 0.717) is 13.0 Å². The molecule has 0 N–H and O–H groups in total. The van der Waals surface area contributed by atoms with Crippen LogP contribution in [0.5, 0.6) is 0 Å². The van der Waals surface area contributed by atoms with E-state index in [1.54, 1.807) is 6.26 Å². The van der Waals surface area contributed by atoms with Gasteiger partial charge in [-0.1, -0.05) is 6.42 Å². The number of carbonyl (C=O) groups excluding carboxylic acids is 1. The first-order valence-corrected chi connectivity index (χ1v) is 6.74. The molecule has 0 spiro atoms. The van der Waals surface area contributed by atoms with Crippen LogP contribution < -0.4 is 0 Å². The van der Waals surface area contributed by atoms with Crippen LogP contribution in [0.3, 0.4) is 0 Å². The Labute approximate surface area is 108 Å². The Balaban J connectivity index is 2.05. The lowest BCUT2D eigenvalue weighted by Gasteiger charge is -2.32. The van der Waals surface area contributed by atoms with Gasteiger partial charge in [-0.05, 0) is 45.0 Å². The highest BCUT2D eigenvalue weighted by molar-refractivity contribution is 5.70. The molecule has 4 nitrogen and oxygen atoms in total. The van der Waals surface area contributed by atoms with Crippen LogP contribution >= 0.6 is 0 Å². The minimum absolute atomic E-state index is 0.0272. The molecule has 1 aromatic rings. The van der Waals surface area contributed by atoms with Crippen molar-refractivity contribution in [3.05, 3.63) is 24.2 Å². The highest BCUT2D eigenvalue weighted by Crippen LogP contribution is 2.28. The molecule has 1 saturated heterocycles. The second-order valence-corrected chi connectivity index (χ2v) is 4.64. The number of ether oxygens (including phenoxy) is 1. The van der Waals surface area contributed by atoms with Crippen LogP contribution in [0.25, 0.3) is 0 Å². The Kier molecular flexibility index (Phi) is 4.81. The molecule has 0 aromatic carbocycles. The van der Waals surface area contributed by atoms with E-state index in [1.165, 1.54) is 19.3 Å². The Bertz CT molecular complexity index is 355. The van der Waals surface area contributed by atoms with Gasteiger partial charge >= 0.3 is 5.97 Å². The van der Waals surface area contributed by atoms with Crippen molar-refractivity contribution < 1.29 is 13.9 Å². The molecule has 100 valence electrons. The predicted octanol–water partition coefficient (Wildman–Crippen LogP) is 2.76.